The molecule has 0 radical (unpaired) electrons. The summed E-state index contributed by atoms with van der Waals surface area (Å²) in [5, 5.41) is 13.4. The second-order valence-corrected chi connectivity index (χ2v) is 4.17. The van der Waals surface area contributed by atoms with Crippen LogP contribution in [0.15, 0.2) is 0 Å². The molecule has 0 aromatic carbocycles. The van der Waals surface area contributed by atoms with Crippen molar-refractivity contribution in [3.8, 4) is 0 Å². The monoisotopic (exact) mass is 185 g/mol. The number of aliphatic hydroxyl groups is 1. The molecule has 3 heteroatoms. The van der Waals surface area contributed by atoms with Crippen molar-refractivity contribution >= 4 is 0 Å². The molecule has 2 aliphatic heterocycles. The van der Waals surface area contributed by atoms with Gasteiger partial charge in [-0.1, -0.05) is 6.42 Å². The first-order valence-corrected chi connectivity index (χ1v) is 5.37. The predicted octanol–water partition coefficient (Wildman–Crippen LogP) is 0.526. The smallest absolute Gasteiger partial charge is 0.0744 e. The van der Waals surface area contributed by atoms with E-state index in [4.69, 9.17) is 4.74 Å². The molecule has 2 aliphatic rings. The Morgan fingerprint density at radius 3 is 2.85 bits per heavy atom. The van der Waals surface area contributed by atoms with Crippen molar-refractivity contribution in [1.29, 1.82) is 0 Å². The van der Waals surface area contributed by atoms with Crippen LogP contribution in [-0.4, -0.2) is 37.0 Å². The average Bonchev–Trinajstić information content (AvgIpc) is 2.71. The summed E-state index contributed by atoms with van der Waals surface area (Å²) in [6.45, 7) is 2.64. The van der Waals surface area contributed by atoms with Crippen molar-refractivity contribution in [3.05, 3.63) is 0 Å². The van der Waals surface area contributed by atoms with Gasteiger partial charge in [-0.25, -0.2) is 0 Å². The van der Waals surface area contributed by atoms with Crippen LogP contribution in [0.1, 0.15) is 25.7 Å². The Morgan fingerprint density at radius 2 is 2.23 bits per heavy atom. The largest absolute Gasteiger partial charge is 0.391 e. The zero-order chi connectivity index (χ0) is 9.10. The molecular formula is C10H19NO2. The topological polar surface area (TPSA) is 41.5 Å². The van der Waals surface area contributed by atoms with Gasteiger partial charge < -0.3 is 15.2 Å². The molecule has 3 unspecified atom stereocenters. The van der Waals surface area contributed by atoms with Crippen LogP contribution in [0.2, 0.25) is 0 Å². The van der Waals surface area contributed by atoms with E-state index in [1.54, 1.807) is 0 Å². The molecule has 76 valence electrons. The van der Waals surface area contributed by atoms with Crippen molar-refractivity contribution < 1.29 is 9.84 Å². The van der Waals surface area contributed by atoms with E-state index in [0.29, 0.717) is 12.0 Å². The summed E-state index contributed by atoms with van der Waals surface area (Å²) in [5.74, 6) is 0.371. The van der Waals surface area contributed by atoms with Crippen LogP contribution in [0.4, 0.5) is 0 Å². The number of hydrogen-bond donors (Lipinski definition) is 2. The van der Waals surface area contributed by atoms with Crippen LogP contribution in [0.3, 0.4) is 0 Å². The quantitative estimate of drug-likeness (QED) is 0.659. The Hall–Kier alpha value is -0.120. The van der Waals surface area contributed by atoms with Gasteiger partial charge in [0.1, 0.15) is 0 Å². The van der Waals surface area contributed by atoms with Gasteiger partial charge in [0.15, 0.2) is 0 Å². The maximum Gasteiger partial charge on any atom is 0.0744 e. The molecule has 2 heterocycles. The van der Waals surface area contributed by atoms with E-state index in [1.807, 2.05) is 0 Å². The minimum absolute atomic E-state index is 0.192. The molecule has 3 atom stereocenters. The molecular weight excluding hydrogens is 166 g/mol. The standard InChI is InChI=1S/C10H19NO2/c12-10(8-4-6-13-7-8)9-3-1-2-5-11-9/h8-12H,1-7H2. The van der Waals surface area contributed by atoms with Gasteiger partial charge in [0, 0.05) is 18.6 Å². The van der Waals surface area contributed by atoms with Crippen molar-refractivity contribution in [3.63, 3.8) is 0 Å². The van der Waals surface area contributed by atoms with E-state index >= 15 is 0 Å². The first-order valence-electron chi connectivity index (χ1n) is 5.37. The summed E-state index contributed by atoms with van der Waals surface area (Å²) in [4.78, 5) is 0. The fourth-order valence-electron chi connectivity index (χ4n) is 2.32. The highest BCUT2D eigenvalue weighted by molar-refractivity contribution is 4.85. The molecule has 0 aromatic heterocycles. The zero-order valence-corrected chi connectivity index (χ0v) is 8.04. The van der Waals surface area contributed by atoms with Crippen LogP contribution in [0.25, 0.3) is 0 Å². The molecule has 2 rings (SSSR count). The normalized spacial score (nSPS) is 37.6. The first-order chi connectivity index (χ1) is 6.38. The number of aliphatic hydroxyl groups excluding tert-OH is 1. The highest BCUT2D eigenvalue weighted by atomic mass is 16.5. The molecule has 2 saturated heterocycles. The Labute approximate surface area is 79.5 Å². The Morgan fingerprint density at radius 1 is 1.31 bits per heavy atom. The van der Waals surface area contributed by atoms with E-state index in [-0.39, 0.29) is 6.10 Å². The highest BCUT2D eigenvalue weighted by Crippen LogP contribution is 2.22. The first kappa shape index (κ1) is 9.44. The molecule has 2 fully saturated rings. The Kier molecular flexibility index (Phi) is 3.19. The second kappa shape index (κ2) is 4.40. The lowest BCUT2D eigenvalue weighted by Crippen LogP contribution is -2.46. The fraction of sp³-hybridized carbons (Fsp3) is 1.00. The Bertz CT molecular complexity index is 151. The molecule has 0 amide bonds. The van der Waals surface area contributed by atoms with Crippen molar-refractivity contribution in [2.45, 2.75) is 37.8 Å². The van der Waals surface area contributed by atoms with Gasteiger partial charge in [-0.2, -0.15) is 0 Å². The van der Waals surface area contributed by atoms with Crippen LogP contribution in [0.5, 0.6) is 0 Å². The number of rotatable bonds is 2. The second-order valence-electron chi connectivity index (χ2n) is 4.17. The van der Waals surface area contributed by atoms with Crippen LogP contribution in [-0.2, 0) is 4.74 Å². The predicted molar refractivity (Wildman–Crippen MR) is 50.6 cm³/mol. The number of piperidine rings is 1. The molecule has 0 bridgehead atoms. The number of hydrogen-bond acceptors (Lipinski definition) is 3. The van der Waals surface area contributed by atoms with Crippen LogP contribution >= 0.6 is 0 Å². The molecule has 13 heavy (non-hydrogen) atoms. The summed E-state index contributed by atoms with van der Waals surface area (Å²) in [5.41, 5.74) is 0. The molecule has 0 spiro atoms. The van der Waals surface area contributed by atoms with Crippen molar-refractivity contribution in [2.24, 2.45) is 5.92 Å². The third-order valence-electron chi connectivity index (χ3n) is 3.21. The minimum atomic E-state index is -0.192. The van der Waals surface area contributed by atoms with Crippen molar-refractivity contribution in [2.75, 3.05) is 19.8 Å². The lowest BCUT2D eigenvalue weighted by molar-refractivity contribution is 0.0505. The number of ether oxygens (including phenoxy) is 1. The summed E-state index contributed by atoms with van der Waals surface area (Å²) in [6, 6.07) is 0.320. The van der Waals surface area contributed by atoms with E-state index < -0.39 is 0 Å². The highest BCUT2D eigenvalue weighted by Gasteiger charge is 2.30. The maximum absolute atomic E-state index is 10.0. The zero-order valence-electron chi connectivity index (χ0n) is 8.04. The van der Waals surface area contributed by atoms with Gasteiger partial charge in [-0.3, -0.25) is 0 Å². The van der Waals surface area contributed by atoms with Crippen LogP contribution < -0.4 is 5.32 Å². The van der Waals surface area contributed by atoms with Crippen LogP contribution in [0, 0.1) is 5.92 Å². The van der Waals surface area contributed by atoms with E-state index in [2.05, 4.69) is 5.32 Å². The molecule has 0 saturated carbocycles. The fourth-order valence-corrected chi connectivity index (χ4v) is 2.32. The van der Waals surface area contributed by atoms with Gasteiger partial charge in [0.2, 0.25) is 0 Å². The third kappa shape index (κ3) is 2.22. The minimum Gasteiger partial charge on any atom is -0.391 e. The summed E-state index contributed by atoms with van der Waals surface area (Å²) in [6.07, 6.45) is 4.46. The SMILES string of the molecule is OC(C1CCOC1)C1CCCCN1. The summed E-state index contributed by atoms with van der Waals surface area (Å²) < 4.78 is 5.28. The maximum atomic E-state index is 10.0. The van der Waals surface area contributed by atoms with E-state index in [9.17, 15) is 5.11 Å². The lowest BCUT2D eigenvalue weighted by atomic mass is 9.90. The van der Waals surface area contributed by atoms with E-state index in [0.717, 1.165) is 32.6 Å². The molecule has 0 aliphatic carbocycles. The number of nitrogens with one attached hydrogen (secondary N) is 1. The van der Waals surface area contributed by atoms with Crippen molar-refractivity contribution in [1.82, 2.24) is 5.32 Å². The van der Waals surface area contributed by atoms with Gasteiger partial charge in [0.25, 0.3) is 0 Å². The summed E-state index contributed by atoms with van der Waals surface area (Å²) in [7, 11) is 0. The molecule has 0 aromatic rings. The lowest BCUT2D eigenvalue weighted by Gasteiger charge is -2.30. The van der Waals surface area contributed by atoms with Gasteiger partial charge in [0.05, 0.1) is 12.7 Å². The molecule has 2 N–H and O–H groups in total. The van der Waals surface area contributed by atoms with Gasteiger partial charge in [-0.05, 0) is 25.8 Å². The average molecular weight is 185 g/mol. The third-order valence-corrected chi connectivity index (χ3v) is 3.21. The molecule has 3 nitrogen and oxygen atoms in total. The van der Waals surface area contributed by atoms with E-state index in [1.165, 1.54) is 12.8 Å². The van der Waals surface area contributed by atoms with Gasteiger partial charge >= 0.3 is 0 Å². The summed E-state index contributed by atoms with van der Waals surface area (Å²) >= 11 is 0. The Balaban J connectivity index is 1.83. The van der Waals surface area contributed by atoms with Gasteiger partial charge in [-0.15, -0.1) is 0 Å².